The first-order chi connectivity index (χ1) is 9.59. The van der Waals surface area contributed by atoms with Gasteiger partial charge in [-0.2, -0.15) is 0 Å². The molecule has 0 fully saturated rings. The molecule has 1 aromatic carbocycles. The molecule has 0 unspecified atom stereocenters. The van der Waals surface area contributed by atoms with Crippen molar-refractivity contribution in [3.8, 4) is 0 Å². The Morgan fingerprint density at radius 3 is 2.60 bits per heavy atom. The zero-order valence-corrected chi connectivity index (χ0v) is 11.5. The van der Waals surface area contributed by atoms with Crippen molar-refractivity contribution in [3.63, 3.8) is 0 Å². The third-order valence-electron chi connectivity index (χ3n) is 3.52. The first-order valence-corrected chi connectivity index (χ1v) is 6.87. The highest BCUT2D eigenvalue weighted by Crippen LogP contribution is 2.15. The number of benzene rings is 1. The van der Waals surface area contributed by atoms with Gasteiger partial charge in [-0.25, -0.2) is 0 Å². The van der Waals surface area contributed by atoms with E-state index in [2.05, 4.69) is 4.99 Å². The number of Topliss-reactive ketones (excluding diaryl/α,β-unsaturated/α-hetero) is 1. The van der Waals surface area contributed by atoms with E-state index >= 15 is 0 Å². The molecule has 0 radical (unpaired) electrons. The van der Waals surface area contributed by atoms with Crippen LogP contribution in [0.4, 0.5) is 0 Å². The molecule has 1 aliphatic rings. The number of nitro groups is 1. The van der Waals surface area contributed by atoms with E-state index in [0.29, 0.717) is 24.2 Å². The lowest BCUT2D eigenvalue weighted by Gasteiger charge is -2.10. The lowest BCUT2D eigenvalue weighted by molar-refractivity contribution is -0.486. The molecule has 0 bridgehead atoms. The Kier molecular flexibility index (Phi) is 4.61. The summed E-state index contributed by atoms with van der Waals surface area (Å²) in [6, 6.07) is 5.55. The van der Waals surface area contributed by atoms with Crippen LogP contribution in [0.1, 0.15) is 41.6 Å². The van der Waals surface area contributed by atoms with Gasteiger partial charge in [0.15, 0.2) is 0 Å². The highest BCUT2D eigenvalue weighted by molar-refractivity contribution is 6.14. The lowest BCUT2D eigenvalue weighted by Crippen LogP contribution is -2.37. The summed E-state index contributed by atoms with van der Waals surface area (Å²) in [4.78, 5) is 27.4. The molecule has 2 rings (SSSR count). The fourth-order valence-corrected chi connectivity index (χ4v) is 2.36. The van der Waals surface area contributed by atoms with Crippen LogP contribution in [-0.4, -0.2) is 29.0 Å². The van der Waals surface area contributed by atoms with Crippen LogP contribution in [0.15, 0.2) is 29.3 Å². The SMILES string of the molecule is Cc1ccc(C(=O)[C@H](C2=NCCCCC2)[N+](=O)[O-])cc1. The van der Waals surface area contributed by atoms with Crippen molar-refractivity contribution in [3.05, 3.63) is 45.5 Å². The summed E-state index contributed by atoms with van der Waals surface area (Å²) in [5.41, 5.74) is 1.83. The number of aliphatic imine (C=N–C) groups is 1. The molecule has 20 heavy (non-hydrogen) atoms. The number of hydrogen-bond donors (Lipinski definition) is 0. The number of carbonyl (C=O) groups is 1. The zero-order valence-electron chi connectivity index (χ0n) is 11.5. The third-order valence-corrected chi connectivity index (χ3v) is 3.52. The second kappa shape index (κ2) is 6.41. The number of carbonyl (C=O) groups excluding carboxylic acids is 1. The van der Waals surface area contributed by atoms with Crippen LogP contribution in [0.25, 0.3) is 0 Å². The van der Waals surface area contributed by atoms with Crippen LogP contribution in [0.5, 0.6) is 0 Å². The van der Waals surface area contributed by atoms with Crippen molar-refractivity contribution in [1.82, 2.24) is 0 Å². The van der Waals surface area contributed by atoms with E-state index in [1.165, 1.54) is 0 Å². The minimum absolute atomic E-state index is 0.379. The van der Waals surface area contributed by atoms with Crippen molar-refractivity contribution in [2.45, 2.75) is 38.6 Å². The van der Waals surface area contributed by atoms with E-state index in [4.69, 9.17) is 0 Å². The molecule has 5 nitrogen and oxygen atoms in total. The van der Waals surface area contributed by atoms with Crippen molar-refractivity contribution in [1.29, 1.82) is 0 Å². The van der Waals surface area contributed by atoms with Gasteiger partial charge in [-0.15, -0.1) is 0 Å². The summed E-state index contributed by atoms with van der Waals surface area (Å²) in [5, 5.41) is 11.3. The number of nitrogens with zero attached hydrogens (tertiary/aromatic N) is 2. The van der Waals surface area contributed by atoms with Crippen LogP contribution in [0.3, 0.4) is 0 Å². The van der Waals surface area contributed by atoms with Gasteiger partial charge in [0.2, 0.25) is 5.78 Å². The van der Waals surface area contributed by atoms with E-state index in [0.717, 1.165) is 24.8 Å². The van der Waals surface area contributed by atoms with E-state index < -0.39 is 16.7 Å². The molecular formula is C15H18N2O3. The average molecular weight is 274 g/mol. The summed E-state index contributed by atoms with van der Waals surface area (Å²) in [6.07, 6.45) is 3.36. The molecule has 0 amide bonds. The van der Waals surface area contributed by atoms with Crippen molar-refractivity contribution < 1.29 is 9.72 Å². The third kappa shape index (κ3) is 3.29. The van der Waals surface area contributed by atoms with Crippen LogP contribution in [0.2, 0.25) is 0 Å². The quantitative estimate of drug-likeness (QED) is 0.481. The summed E-state index contributed by atoms with van der Waals surface area (Å²) < 4.78 is 0. The Hall–Kier alpha value is -2.04. The van der Waals surface area contributed by atoms with Gasteiger partial charge in [0.1, 0.15) is 0 Å². The van der Waals surface area contributed by atoms with Gasteiger partial charge in [0, 0.05) is 17.0 Å². The maximum Gasteiger partial charge on any atom is 0.312 e. The lowest BCUT2D eigenvalue weighted by atomic mass is 9.97. The van der Waals surface area contributed by atoms with Crippen molar-refractivity contribution in [2.75, 3.05) is 6.54 Å². The number of rotatable bonds is 4. The molecule has 1 heterocycles. The second-order valence-corrected chi connectivity index (χ2v) is 5.10. The van der Waals surface area contributed by atoms with Gasteiger partial charge < -0.3 is 0 Å². The molecule has 106 valence electrons. The molecule has 1 aromatic rings. The highest BCUT2D eigenvalue weighted by atomic mass is 16.6. The minimum atomic E-state index is -1.32. The molecule has 0 aliphatic carbocycles. The van der Waals surface area contributed by atoms with Gasteiger partial charge in [0.05, 0.1) is 5.71 Å². The minimum Gasteiger partial charge on any atom is -0.286 e. The molecule has 0 saturated carbocycles. The Morgan fingerprint density at radius 2 is 1.95 bits per heavy atom. The fourth-order valence-electron chi connectivity index (χ4n) is 2.36. The van der Waals surface area contributed by atoms with E-state index in [9.17, 15) is 14.9 Å². The predicted octanol–water partition coefficient (Wildman–Crippen LogP) is 2.84. The van der Waals surface area contributed by atoms with Gasteiger partial charge in [-0.1, -0.05) is 36.2 Å². The number of ketones is 1. The van der Waals surface area contributed by atoms with Crippen LogP contribution in [0, 0.1) is 17.0 Å². The van der Waals surface area contributed by atoms with Gasteiger partial charge in [0.25, 0.3) is 0 Å². The molecule has 5 heteroatoms. The van der Waals surface area contributed by atoms with Crippen LogP contribution < -0.4 is 0 Å². The fraction of sp³-hybridized carbons (Fsp3) is 0.467. The van der Waals surface area contributed by atoms with Gasteiger partial charge in [-0.3, -0.25) is 19.9 Å². The molecular weight excluding hydrogens is 256 g/mol. The smallest absolute Gasteiger partial charge is 0.286 e. The molecule has 1 atom stereocenters. The van der Waals surface area contributed by atoms with Crippen molar-refractivity contribution in [2.24, 2.45) is 4.99 Å². The first-order valence-electron chi connectivity index (χ1n) is 6.87. The van der Waals surface area contributed by atoms with Gasteiger partial charge >= 0.3 is 6.04 Å². The molecule has 1 aliphatic heterocycles. The van der Waals surface area contributed by atoms with E-state index in [1.807, 2.05) is 6.92 Å². The Labute approximate surface area is 117 Å². The van der Waals surface area contributed by atoms with E-state index in [-0.39, 0.29) is 0 Å². The van der Waals surface area contributed by atoms with Crippen LogP contribution >= 0.6 is 0 Å². The second-order valence-electron chi connectivity index (χ2n) is 5.10. The normalized spacial score (nSPS) is 16.9. The van der Waals surface area contributed by atoms with Crippen LogP contribution in [-0.2, 0) is 0 Å². The molecule has 0 saturated heterocycles. The number of aryl methyl sites for hydroxylation is 1. The first kappa shape index (κ1) is 14.4. The maximum atomic E-state index is 12.4. The van der Waals surface area contributed by atoms with E-state index in [1.54, 1.807) is 24.3 Å². The van der Waals surface area contributed by atoms with Gasteiger partial charge in [-0.05, 0) is 26.2 Å². The summed E-state index contributed by atoms with van der Waals surface area (Å²) in [6.45, 7) is 2.50. The predicted molar refractivity (Wildman–Crippen MR) is 77.1 cm³/mol. The zero-order chi connectivity index (χ0) is 14.5. The Balaban J connectivity index is 2.28. The summed E-state index contributed by atoms with van der Waals surface area (Å²) in [5.74, 6) is -0.462. The topological polar surface area (TPSA) is 72.6 Å². The maximum absolute atomic E-state index is 12.4. The monoisotopic (exact) mass is 274 g/mol. The highest BCUT2D eigenvalue weighted by Gasteiger charge is 2.36. The Bertz CT molecular complexity index is 535. The standard InChI is InChI=1S/C15H18N2O3/c1-11-6-8-12(9-7-11)15(18)14(17(19)20)13-5-3-2-4-10-16-13/h6-9,14H,2-5,10H2,1H3/t14-/m0/s1. The Morgan fingerprint density at radius 1 is 1.25 bits per heavy atom. The van der Waals surface area contributed by atoms with Crippen molar-refractivity contribution >= 4 is 11.5 Å². The average Bonchev–Trinajstić information content (AvgIpc) is 2.68. The molecule has 0 N–H and O–H groups in total. The summed E-state index contributed by atoms with van der Waals surface area (Å²) in [7, 11) is 0. The molecule has 0 spiro atoms. The largest absolute Gasteiger partial charge is 0.312 e. The molecule has 0 aromatic heterocycles. The summed E-state index contributed by atoms with van der Waals surface area (Å²) >= 11 is 0. The number of hydrogen-bond acceptors (Lipinski definition) is 4.